The predicted octanol–water partition coefficient (Wildman–Crippen LogP) is 4.77. The minimum atomic E-state index is -0.503. The fraction of sp³-hybridized carbons (Fsp3) is 0.250. The maximum Gasteiger partial charge on any atom is 0.343 e. The topological polar surface area (TPSA) is 106 Å². The molecular weight excluding hydrogens is 488 g/mol. The van der Waals surface area contributed by atoms with Crippen LogP contribution in [0.1, 0.15) is 58.4 Å². The summed E-state index contributed by atoms with van der Waals surface area (Å²) in [7, 11) is 1.47. The van der Waals surface area contributed by atoms with Gasteiger partial charge in [-0.3, -0.25) is 9.89 Å². The van der Waals surface area contributed by atoms with E-state index in [9.17, 15) is 9.59 Å². The van der Waals surface area contributed by atoms with E-state index in [-0.39, 0.29) is 16.9 Å². The molecule has 0 unspecified atom stereocenters. The van der Waals surface area contributed by atoms with Gasteiger partial charge in [-0.2, -0.15) is 10.2 Å². The molecule has 1 aromatic heterocycles. The van der Waals surface area contributed by atoms with E-state index in [1.807, 2.05) is 39.8 Å². The lowest BCUT2D eigenvalue weighted by Crippen LogP contribution is -2.18. The van der Waals surface area contributed by atoms with Crippen molar-refractivity contribution in [3.05, 3.63) is 75.0 Å². The minimum Gasteiger partial charge on any atom is -0.493 e. The fourth-order valence-electron chi connectivity index (χ4n) is 2.80. The normalized spacial score (nSPS) is 11.5. The van der Waals surface area contributed by atoms with E-state index in [2.05, 4.69) is 36.7 Å². The van der Waals surface area contributed by atoms with E-state index in [0.29, 0.717) is 21.3 Å². The number of nitrogens with zero attached hydrogens (tertiary/aromatic N) is 2. The van der Waals surface area contributed by atoms with Crippen molar-refractivity contribution in [2.45, 2.75) is 33.1 Å². The summed E-state index contributed by atoms with van der Waals surface area (Å²) in [5.41, 5.74) is 5.48. The largest absolute Gasteiger partial charge is 0.493 e. The number of methoxy groups -OCH3 is 1. The lowest BCUT2D eigenvalue weighted by Gasteiger charge is -2.14. The maximum absolute atomic E-state index is 12.5. The Morgan fingerprint density at radius 3 is 2.45 bits per heavy atom. The van der Waals surface area contributed by atoms with Crippen molar-refractivity contribution in [3.63, 3.8) is 0 Å². The van der Waals surface area contributed by atoms with Gasteiger partial charge in [0, 0.05) is 11.1 Å². The number of halogens is 1. The molecule has 0 aliphatic heterocycles. The van der Waals surface area contributed by atoms with E-state index in [4.69, 9.17) is 9.47 Å². The highest BCUT2D eigenvalue weighted by Crippen LogP contribution is 2.37. The number of carbonyl (C=O) groups excluding carboxylic acids is 2. The van der Waals surface area contributed by atoms with Crippen molar-refractivity contribution >= 4 is 34.0 Å². The first-order chi connectivity index (χ1) is 15.6. The summed E-state index contributed by atoms with van der Waals surface area (Å²) in [6.07, 6.45) is 1.45. The zero-order valence-electron chi connectivity index (χ0n) is 19.0. The van der Waals surface area contributed by atoms with Gasteiger partial charge in [0.2, 0.25) is 0 Å². The number of aromatic nitrogens is 2. The molecule has 0 aliphatic rings. The summed E-state index contributed by atoms with van der Waals surface area (Å²) in [6, 6.07) is 12.1. The number of aryl methyl sites for hydroxylation is 1. The third-order valence-corrected chi connectivity index (χ3v) is 5.32. The Kier molecular flexibility index (Phi) is 7.33. The van der Waals surface area contributed by atoms with E-state index in [0.717, 1.165) is 11.3 Å². The molecule has 3 aromatic rings. The molecule has 2 N–H and O–H groups in total. The number of benzene rings is 2. The molecule has 0 fully saturated rings. The van der Waals surface area contributed by atoms with Crippen molar-refractivity contribution in [2.24, 2.45) is 5.10 Å². The first-order valence-corrected chi connectivity index (χ1v) is 10.9. The number of hydrogen-bond acceptors (Lipinski definition) is 6. The zero-order valence-corrected chi connectivity index (χ0v) is 20.6. The number of nitrogens with one attached hydrogen (secondary N) is 2. The van der Waals surface area contributed by atoms with Gasteiger partial charge in [-0.05, 0) is 58.7 Å². The molecule has 33 heavy (non-hydrogen) atoms. The molecule has 2 aromatic carbocycles. The van der Waals surface area contributed by atoms with Crippen LogP contribution in [0.25, 0.3) is 0 Å². The van der Waals surface area contributed by atoms with Crippen molar-refractivity contribution in [1.29, 1.82) is 0 Å². The smallest absolute Gasteiger partial charge is 0.343 e. The minimum absolute atomic E-state index is 0.151. The van der Waals surface area contributed by atoms with Crippen LogP contribution in [0.4, 0.5) is 0 Å². The molecule has 0 radical (unpaired) electrons. The molecule has 3 rings (SSSR count). The number of carbonyl (C=O) groups is 2. The first-order valence-electron chi connectivity index (χ1n) is 10.1. The predicted molar refractivity (Wildman–Crippen MR) is 129 cm³/mol. The summed E-state index contributed by atoms with van der Waals surface area (Å²) in [4.78, 5) is 24.8. The van der Waals surface area contributed by atoms with Gasteiger partial charge in [-0.25, -0.2) is 10.2 Å². The van der Waals surface area contributed by atoms with E-state index in [1.165, 1.54) is 13.3 Å². The van der Waals surface area contributed by atoms with Crippen LogP contribution in [0.5, 0.6) is 11.5 Å². The number of aromatic amines is 1. The highest BCUT2D eigenvalue weighted by molar-refractivity contribution is 9.10. The van der Waals surface area contributed by atoms with Crippen LogP contribution in [0, 0.1) is 6.92 Å². The van der Waals surface area contributed by atoms with Crippen LogP contribution < -0.4 is 14.9 Å². The Morgan fingerprint density at radius 1 is 1.15 bits per heavy atom. The van der Waals surface area contributed by atoms with Crippen molar-refractivity contribution in [1.82, 2.24) is 15.6 Å². The molecule has 0 saturated carbocycles. The van der Waals surface area contributed by atoms with E-state index >= 15 is 0 Å². The summed E-state index contributed by atoms with van der Waals surface area (Å²) in [6.45, 7) is 8.00. The van der Waals surface area contributed by atoms with Crippen molar-refractivity contribution in [3.8, 4) is 11.5 Å². The number of rotatable bonds is 6. The SMILES string of the molecule is COc1cc(/C=N/NC(=O)c2cc(C(C)(C)C)[nH]n2)cc(Br)c1OC(=O)c1ccc(C)cc1. The Bertz CT molecular complexity index is 1190. The summed E-state index contributed by atoms with van der Waals surface area (Å²) < 4.78 is 11.4. The number of amides is 1. The van der Waals surface area contributed by atoms with Gasteiger partial charge in [0.15, 0.2) is 17.2 Å². The zero-order chi connectivity index (χ0) is 24.2. The number of hydrogen-bond donors (Lipinski definition) is 2. The van der Waals surface area contributed by atoms with E-state index in [1.54, 1.807) is 30.3 Å². The molecule has 172 valence electrons. The third kappa shape index (κ3) is 6.07. The van der Waals surface area contributed by atoms with Crippen LogP contribution in [-0.2, 0) is 5.41 Å². The number of ether oxygens (including phenoxy) is 2. The third-order valence-electron chi connectivity index (χ3n) is 4.73. The van der Waals surface area contributed by atoms with E-state index < -0.39 is 11.9 Å². The van der Waals surface area contributed by atoms with Crippen molar-refractivity contribution in [2.75, 3.05) is 7.11 Å². The van der Waals surface area contributed by atoms with Crippen LogP contribution in [0.3, 0.4) is 0 Å². The average Bonchev–Trinajstić information content (AvgIpc) is 3.27. The van der Waals surface area contributed by atoms with Crippen LogP contribution >= 0.6 is 15.9 Å². The van der Waals surface area contributed by atoms with Gasteiger partial charge in [0.05, 0.1) is 23.4 Å². The van der Waals surface area contributed by atoms with Gasteiger partial charge in [0.25, 0.3) is 5.91 Å². The quantitative estimate of drug-likeness (QED) is 0.214. The molecule has 1 amide bonds. The lowest BCUT2D eigenvalue weighted by atomic mass is 9.92. The van der Waals surface area contributed by atoms with Crippen LogP contribution in [0.2, 0.25) is 0 Å². The number of hydrazone groups is 1. The highest BCUT2D eigenvalue weighted by Gasteiger charge is 2.19. The molecule has 9 heteroatoms. The second-order valence-corrected chi connectivity index (χ2v) is 9.26. The molecule has 0 aliphatic carbocycles. The molecule has 0 spiro atoms. The van der Waals surface area contributed by atoms with Gasteiger partial charge in [-0.15, -0.1) is 0 Å². The second kappa shape index (κ2) is 9.99. The Balaban J connectivity index is 1.71. The van der Waals surface area contributed by atoms with Crippen LogP contribution in [0.15, 0.2) is 52.0 Å². The molecule has 0 atom stereocenters. The second-order valence-electron chi connectivity index (χ2n) is 8.41. The number of esters is 1. The lowest BCUT2D eigenvalue weighted by molar-refractivity contribution is 0.0728. The summed E-state index contributed by atoms with van der Waals surface area (Å²) >= 11 is 3.41. The Hall–Kier alpha value is -3.46. The summed E-state index contributed by atoms with van der Waals surface area (Å²) in [5, 5.41) is 10.9. The monoisotopic (exact) mass is 512 g/mol. The summed E-state index contributed by atoms with van der Waals surface area (Å²) in [5.74, 6) is -0.362. The van der Waals surface area contributed by atoms with Gasteiger partial charge in [-0.1, -0.05) is 38.5 Å². The average molecular weight is 513 g/mol. The van der Waals surface area contributed by atoms with Gasteiger partial charge in [0.1, 0.15) is 0 Å². The highest BCUT2D eigenvalue weighted by atomic mass is 79.9. The molecular formula is C24H25BrN4O4. The standard InChI is InChI=1S/C24H25BrN4O4/c1-14-6-8-16(9-7-14)23(31)33-21-17(25)10-15(11-19(21)32-5)13-26-29-22(30)18-12-20(28-27-18)24(2,3)4/h6-13H,1-5H3,(H,27,28)(H,29,30)/b26-13+. The number of H-pyrrole nitrogens is 1. The van der Waals surface area contributed by atoms with Gasteiger partial charge < -0.3 is 9.47 Å². The Labute approximate surface area is 200 Å². The Morgan fingerprint density at radius 2 is 1.85 bits per heavy atom. The van der Waals surface area contributed by atoms with Crippen molar-refractivity contribution < 1.29 is 19.1 Å². The van der Waals surface area contributed by atoms with Gasteiger partial charge >= 0.3 is 5.97 Å². The molecule has 1 heterocycles. The first kappa shape index (κ1) is 24.2. The van der Waals surface area contributed by atoms with Crippen LogP contribution in [-0.4, -0.2) is 35.4 Å². The molecule has 8 nitrogen and oxygen atoms in total. The molecule has 0 bridgehead atoms. The maximum atomic E-state index is 12.5. The fourth-order valence-corrected chi connectivity index (χ4v) is 3.34. The molecule has 0 saturated heterocycles.